The zero-order valence-corrected chi connectivity index (χ0v) is 14.4. The first-order valence-electron chi connectivity index (χ1n) is 7.35. The van der Waals surface area contributed by atoms with Gasteiger partial charge in [0.1, 0.15) is 5.75 Å². The minimum absolute atomic E-state index is 0.322. The van der Waals surface area contributed by atoms with Gasteiger partial charge in [-0.15, -0.1) is 0 Å². The monoisotopic (exact) mass is 359 g/mol. The molecule has 24 heavy (non-hydrogen) atoms. The van der Waals surface area contributed by atoms with Crippen LogP contribution in [0, 0.1) is 0 Å². The van der Waals surface area contributed by atoms with Crippen molar-refractivity contribution in [3.8, 4) is 5.75 Å². The first kappa shape index (κ1) is 16.6. The molecule has 1 heterocycles. The van der Waals surface area contributed by atoms with Crippen LogP contribution in [0.2, 0.25) is 5.02 Å². The smallest absolute Gasteiger partial charge is 0.298 e. The van der Waals surface area contributed by atoms with Crippen LogP contribution in [-0.4, -0.2) is 17.8 Å². The third-order valence-corrected chi connectivity index (χ3v) is 4.47. The zero-order chi connectivity index (χ0) is 17.1. The summed E-state index contributed by atoms with van der Waals surface area (Å²) >= 11 is 6.94. The van der Waals surface area contributed by atoms with Crippen LogP contribution >= 0.6 is 23.4 Å². The van der Waals surface area contributed by atoms with Gasteiger partial charge in [-0.05, 0) is 55.1 Å². The second-order valence-corrected chi connectivity index (χ2v) is 6.40. The van der Waals surface area contributed by atoms with Gasteiger partial charge < -0.3 is 4.74 Å². The van der Waals surface area contributed by atoms with Gasteiger partial charge in [0.05, 0.1) is 17.2 Å². The molecule has 0 aliphatic carbocycles. The van der Waals surface area contributed by atoms with Gasteiger partial charge in [-0.2, -0.15) is 0 Å². The van der Waals surface area contributed by atoms with E-state index in [2.05, 4.69) is 0 Å². The number of rotatable bonds is 4. The molecule has 0 atom stereocenters. The number of nitrogens with zero attached hydrogens (tertiary/aromatic N) is 1. The highest BCUT2D eigenvalue weighted by Gasteiger charge is 2.36. The molecule has 4 nitrogen and oxygen atoms in total. The fourth-order valence-electron chi connectivity index (χ4n) is 2.33. The van der Waals surface area contributed by atoms with Gasteiger partial charge in [0.25, 0.3) is 11.1 Å². The van der Waals surface area contributed by atoms with Gasteiger partial charge in [-0.1, -0.05) is 29.8 Å². The lowest BCUT2D eigenvalue weighted by molar-refractivity contribution is -0.113. The first-order chi connectivity index (χ1) is 11.6. The lowest BCUT2D eigenvalue weighted by Crippen LogP contribution is -2.27. The standard InChI is InChI=1S/C18H14ClNO3S/c1-2-23-15-9-8-13(19)10-12(15)11-16-17(21)20(18(22)24-16)14-6-4-3-5-7-14/h3-11H,2H2,1H3/b16-11-. The molecule has 0 aromatic heterocycles. The Kier molecular flexibility index (Phi) is 4.92. The highest BCUT2D eigenvalue weighted by molar-refractivity contribution is 8.19. The fraction of sp³-hybridized carbons (Fsp3) is 0.111. The molecule has 2 aromatic carbocycles. The molecule has 0 spiro atoms. The summed E-state index contributed by atoms with van der Waals surface area (Å²) in [6.07, 6.45) is 1.64. The highest BCUT2D eigenvalue weighted by atomic mass is 35.5. The van der Waals surface area contributed by atoms with E-state index >= 15 is 0 Å². The average molecular weight is 360 g/mol. The predicted octanol–water partition coefficient (Wildman–Crippen LogP) is 4.98. The van der Waals surface area contributed by atoms with Gasteiger partial charge in [0.15, 0.2) is 0 Å². The summed E-state index contributed by atoms with van der Waals surface area (Å²) < 4.78 is 5.55. The number of carbonyl (C=O) groups is 2. The van der Waals surface area contributed by atoms with Crippen molar-refractivity contribution >= 4 is 46.3 Å². The molecule has 0 N–H and O–H groups in total. The van der Waals surface area contributed by atoms with E-state index in [0.717, 1.165) is 11.8 Å². The molecule has 2 aromatic rings. The Labute approximate surface area is 149 Å². The number of hydrogen-bond donors (Lipinski definition) is 0. The third kappa shape index (κ3) is 3.32. The van der Waals surface area contributed by atoms with Crippen LogP contribution in [-0.2, 0) is 4.79 Å². The molecule has 0 bridgehead atoms. The van der Waals surface area contributed by atoms with Gasteiger partial charge >= 0.3 is 0 Å². The molecule has 122 valence electrons. The molecule has 1 aliphatic heterocycles. The summed E-state index contributed by atoms with van der Waals surface area (Å²) in [6, 6.07) is 14.0. The zero-order valence-electron chi connectivity index (χ0n) is 12.9. The number of anilines is 1. The summed E-state index contributed by atoms with van der Waals surface area (Å²) in [5.74, 6) is 0.270. The van der Waals surface area contributed by atoms with E-state index in [4.69, 9.17) is 16.3 Å². The first-order valence-corrected chi connectivity index (χ1v) is 8.55. The molecule has 0 radical (unpaired) electrons. The van der Waals surface area contributed by atoms with Crippen LogP contribution in [0.5, 0.6) is 5.75 Å². The molecular formula is C18H14ClNO3S. The topological polar surface area (TPSA) is 46.6 Å². The van der Waals surface area contributed by atoms with Crippen molar-refractivity contribution in [3.05, 3.63) is 64.0 Å². The van der Waals surface area contributed by atoms with Crippen LogP contribution in [0.1, 0.15) is 12.5 Å². The number of para-hydroxylation sites is 1. The Morgan fingerprint density at radius 3 is 2.62 bits per heavy atom. The Morgan fingerprint density at radius 2 is 1.92 bits per heavy atom. The third-order valence-electron chi connectivity index (χ3n) is 3.37. The van der Waals surface area contributed by atoms with E-state index in [1.807, 2.05) is 13.0 Å². The highest BCUT2D eigenvalue weighted by Crippen LogP contribution is 2.37. The van der Waals surface area contributed by atoms with Gasteiger partial charge in [0, 0.05) is 10.6 Å². The maximum absolute atomic E-state index is 12.6. The SMILES string of the molecule is CCOc1ccc(Cl)cc1/C=C1\SC(=O)N(c2ccccc2)C1=O. The number of imide groups is 1. The van der Waals surface area contributed by atoms with E-state index in [9.17, 15) is 9.59 Å². The normalized spacial score (nSPS) is 16.1. The molecule has 6 heteroatoms. The molecule has 1 saturated heterocycles. The molecule has 2 amide bonds. The average Bonchev–Trinajstić information content (AvgIpc) is 2.85. The summed E-state index contributed by atoms with van der Waals surface area (Å²) in [6.45, 7) is 2.37. The second-order valence-electron chi connectivity index (χ2n) is 4.97. The number of ether oxygens (including phenoxy) is 1. The van der Waals surface area contributed by atoms with E-state index in [0.29, 0.717) is 33.5 Å². The molecule has 0 saturated carbocycles. The van der Waals surface area contributed by atoms with Crippen LogP contribution < -0.4 is 9.64 Å². The van der Waals surface area contributed by atoms with Gasteiger partial charge in [-0.25, -0.2) is 4.90 Å². The van der Waals surface area contributed by atoms with Gasteiger partial charge in [-0.3, -0.25) is 9.59 Å². The Hall–Kier alpha value is -2.24. The van der Waals surface area contributed by atoms with E-state index < -0.39 is 0 Å². The summed E-state index contributed by atoms with van der Waals surface area (Å²) in [5, 5.41) is 0.212. The van der Waals surface area contributed by atoms with Crippen molar-refractivity contribution < 1.29 is 14.3 Å². The van der Waals surface area contributed by atoms with Crippen molar-refractivity contribution in [1.29, 1.82) is 0 Å². The predicted molar refractivity (Wildman–Crippen MR) is 97.5 cm³/mol. The van der Waals surface area contributed by atoms with E-state index in [1.165, 1.54) is 4.90 Å². The number of thioether (sulfide) groups is 1. The lowest BCUT2D eigenvalue weighted by atomic mass is 10.1. The number of amides is 2. The number of hydrogen-bond acceptors (Lipinski definition) is 4. The van der Waals surface area contributed by atoms with Crippen molar-refractivity contribution in [2.45, 2.75) is 6.92 Å². The van der Waals surface area contributed by atoms with Crippen LogP contribution in [0.4, 0.5) is 10.5 Å². The maximum Gasteiger partial charge on any atom is 0.298 e. The minimum Gasteiger partial charge on any atom is -0.493 e. The Balaban J connectivity index is 1.97. The Bertz CT molecular complexity index is 820. The van der Waals surface area contributed by atoms with Crippen LogP contribution in [0.15, 0.2) is 53.4 Å². The van der Waals surface area contributed by atoms with E-state index in [1.54, 1.807) is 48.5 Å². The quantitative estimate of drug-likeness (QED) is 0.722. The molecule has 3 rings (SSSR count). The Morgan fingerprint density at radius 1 is 1.17 bits per heavy atom. The summed E-state index contributed by atoms with van der Waals surface area (Å²) in [4.78, 5) is 26.4. The van der Waals surface area contributed by atoms with Crippen molar-refractivity contribution in [2.24, 2.45) is 0 Å². The molecule has 0 unspecified atom stereocenters. The maximum atomic E-state index is 12.6. The largest absolute Gasteiger partial charge is 0.493 e. The van der Waals surface area contributed by atoms with Crippen molar-refractivity contribution in [3.63, 3.8) is 0 Å². The number of benzene rings is 2. The minimum atomic E-state index is -0.348. The van der Waals surface area contributed by atoms with Crippen molar-refractivity contribution in [2.75, 3.05) is 11.5 Å². The molecular weight excluding hydrogens is 346 g/mol. The van der Waals surface area contributed by atoms with Crippen LogP contribution in [0.3, 0.4) is 0 Å². The number of carbonyl (C=O) groups excluding carboxylic acids is 2. The van der Waals surface area contributed by atoms with E-state index in [-0.39, 0.29) is 11.1 Å². The van der Waals surface area contributed by atoms with Crippen molar-refractivity contribution in [1.82, 2.24) is 0 Å². The van der Waals surface area contributed by atoms with Gasteiger partial charge in [0.2, 0.25) is 0 Å². The lowest BCUT2D eigenvalue weighted by Gasteiger charge is -2.11. The summed E-state index contributed by atoms with van der Waals surface area (Å²) in [7, 11) is 0. The molecule has 1 fully saturated rings. The number of halogens is 1. The summed E-state index contributed by atoms with van der Waals surface area (Å²) in [5.41, 5.74) is 1.22. The fourth-order valence-corrected chi connectivity index (χ4v) is 3.34. The second kappa shape index (κ2) is 7.11. The molecule has 1 aliphatic rings. The van der Waals surface area contributed by atoms with Crippen LogP contribution in [0.25, 0.3) is 6.08 Å².